The maximum atomic E-state index is 12.8. The first-order valence-corrected chi connectivity index (χ1v) is 14.4. The molecule has 1 atom stereocenters. The van der Waals surface area contributed by atoms with Gasteiger partial charge in [-0.05, 0) is 19.3 Å². The van der Waals surface area contributed by atoms with Crippen molar-refractivity contribution in [1.82, 2.24) is 24.7 Å². The summed E-state index contributed by atoms with van der Waals surface area (Å²) in [6.45, 7) is 7.90. The summed E-state index contributed by atoms with van der Waals surface area (Å²) >= 11 is 7.59. The summed E-state index contributed by atoms with van der Waals surface area (Å²) in [5.74, 6) is 1.98. The number of carbonyl (C=O) groups is 3. The van der Waals surface area contributed by atoms with Crippen LogP contribution in [0.15, 0.2) is 11.2 Å². The van der Waals surface area contributed by atoms with Crippen molar-refractivity contribution in [3.8, 4) is 0 Å². The average Bonchev–Trinajstić information content (AvgIpc) is 3.39. The molecular formula is C25H37ClN6O3S. The lowest BCUT2D eigenvalue weighted by atomic mass is 10.0. The first-order chi connectivity index (χ1) is 17.3. The van der Waals surface area contributed by atoms with Gasteiger partial charge in [0, 0.05) is 71.3 Å². The maximum absolute atomic E-state index is 12.8. The standard InChI is InChI=1S/C25H37ClN6O3S/c1-18-16-31(13-14-32(18)23(34)8-7-20-5-3-4-6-20)22-15-21(26)27-25(28-22)36-17-24(35)30-11-9-29(10-12-30)19(2)33/h15,18,20H,3-14,16-17H2,1-2H3. The normalized spacial score (nSPS) is 21.2. The SMILES string of the molecule is CC(=O)N1CCN(C(=O)CSc2nc(Cl)cc(N3CCN(C(=O)CCC4CCCC4)C(C)C3)n2)CC1. The lowest BCUT2D eigenvalue weighted by molar-refractivity contribution is -0.136. The number of carbonyl (C=O) groups excluding carboxylic acids is 3. The molecule has 2 aliphatic heterocycles. The Bertz CT molecular complexity index is 952. The number of anilines is 1. The number of piperazine rings is 2. The summed E-state index contributed by atoms with van der Waals surface area (Å²) in [5, 5.41) is 0.809. The smallest absolute Gasteiger partial charge is 0.233 e. The predicted octanol–water partition coefficient (Wildman–Crippen LogP) is 2.92. The van der Waals surface area contributed by atoms with E-state index in [-0.39, 0.29) is 29.5 Å². The molecule has 3 heterocycles. The van der Waals surface area contributed by atoms with Gasteiger partial charge in [-0.25, -0.2) is 9.97 Å². The molecule has 4 rings (SSSR count). The van der Waals surface area contributed by atoms with E-state index in [0.29, 0.717) is 62.5 Å². The van der Waals surface area contributed by atoms with E-state index in [9.17, 15) is 14.4 Å². The van der Waals surface area contributed by atoms with Gasteiger partial charge < -0.3 is 19.6 Å². The molecule has 2 saturated heterocycles. The van der Waals surface area contributed by atoms with E-state index in [1.54, 1.807) is 22.8 Å². The third kappa shape index (κ3) is 7.03. The van der Waals surface area contributed by atoms with Crippen LogP contribution in [0.5, 0.6) is 0 Å². The Kier molecular flexibility index (Phi) is 9.33. The van der Waals surface area contributed by atoms with E-state index < -0.39 is 0 Å². The molecule has 9 nitrogen and oxygen atoms in total. The number of hydrogen-bond acceptors (Lipinski definition) is 7. The van der Waals surface area contributed by atoms with Gasteiger partial charge in [-0.3, -0.25) is 14.4 Å². The highest BCUT2D eigenvalue weighted by molar-refractivity contribution is 7.99. The van der Waals surface area contributed by atoms with Crippen molar-refractivity contribution in [2.75, 3.05) is 56.5 Å². The molecule has 3 aliphatic rings. The number of hydrogen-bond donors (Lipinski definition) is 0. The lowest BCUT2D eigenvalue weighted by Crippen LogP contribution is -2.54. The maximum Gasteiger partial charge on any atom is 0.233 e. The highest BCUT2D eigenvalue weighted by Crippen LogP contribution is 2.29. The molecule has 0 N–H and O–H groups in total. The molecule has 1 aromatic heterocycles. The third-order valence-electron chi connectivity index (χ3n) is 7.58. The van der Waals surface area contributed by atoms with Gasteiger partial charge in [0.1, 0.15) is 11.0 Å². The molecule has 0 spiro atoms. The lowest BCUT2D eigenvalue weighted by Gasteiger charge is -2.40. The van der Waals surface area contributed by atoms with E-state index in [1.165, 1.54) is 37.4 Å². The van der Waals surface area contributed by atoms with Crippen LogP contribution < -0.4 is 4.90 Å². The van der Waals surface area contributed by atoms with Crippen LogP contribution in [0.2, 0.25) is 5.15 Å². The number of amides is 3. The van der Waals surface area contributed by atoms with E-state index in [0.717, 1.165) is 18.2 Å². The van der Waals surface area contributed by atoms with Crippen molar-refractivity contribution >= 4 is 46.9 Å². The highest BCUT2D eigenvalue weighted by atomic mass is 35.5. The summed E-state index contributed by atoms with van der Waals surface area (Å²) in [7, 11) is 0. The predicted molar refractivity (Wildman–Crippen MR) is 141 cm³/mol. The van der Waals surface area contributed by atoms with Gasteiger partial charge in [-0.1, -0.05) is 49.0 Å². The van der Waals surface area contributed by atoms with E-state index in [4.69, 9.17) is 11.6 Å². The number of rotatable bonds is 7. The minimum atomic E-state index is 0.00619. The second-order valence-corrected chi connectivity index (χ2v) is 11.4. The number of aromatic nitrogens is 2. The van der Waals surface area contributed by atoms with Crippen molar-refractivity contribution in [3.63, 3.8) is 0 Å². The van der Waals surface area contributed by atoms with Crippen molar-refractivity contribution in [3.05, 3.63) is 11.2 Å². The van der Waals surface area contributed by atoms with Gasteiger partial charge in [0.25, 0.3) is 0 Å². The third-order valence-corrected chi connectivity index (χ3v) is 8.60. The second kappa shape index (κ2) is 12.4. The van der Waals surface area contributed by atoms with Crippen LogP contribution >= 0.6 is 23.4 Å². The molecule has 11 heteroatoms. The first-order valence-electron chi connectivity index (χ1n) is 13.0. The number of nitrogens with zero attached hydrogens (tertiary/aromatic N) is 6. The Morgan fingerprint density at radius 2 is 1.69 bits per heavy atom. The van der Waals surface area contributed by atoms with Gasteiger partial charge in [0.05, 0.1) is 5.75 Å². The van der Waals surface area contributed by atoms with Crippen molar-refractivity contribution in [2.45, 2.75) is 63.6 Å². The molecule has 198 valence electrons. The Balaban J connectivity index is 1.28. The highest BCUT2D eigenvalue weighted by Gasteiger charge is 2.29. The van der Waals surface area contributed by atoms with Crippen LogP contribution in [0.3, 0.4) is 0 Å². The van der Waals surface area contributed by atoms with Gasteiger partial charge in [0.2, 0.25) is 17.7 Å². The molecule has 0 radical (unpaired) electrons. The number of thioether (sulfide) groups is 1. The van der Waals surface area contributed by atoms with E-state index in [1.807, 2.05) is 4.90 Å². The summed E-state index contributed by atoms with van der Waals surface area (Å²) < 4.78 is 0. The molecule has 1 aromatic rings. The second-order valence-electron chi connectivity index (χ2n) is 10.1. The average molecular weight is 537 g/mol. The zero-order valence-electron chi connectivity index (χ0n) is 21.3. The molecule has 0 bridgehead atoms. The van der Waals surface area contributed by atoms with Crippen molar-refractivity contribution in [2.24, 2.45) is 5.92 Å². The fraction of sp³-hybridized carbons (Fsp3) is 0.720. The Morgan fingerprint density at radius 1 is 1.00 bits per heavy atom. The van der Waals surface area contributed by atoms with Gasteiger partial charge >= 0.3 is 0 Å². The number of halogens is 1. The Labute approximate surface area is 222 Å². The van der Waals surface area contributed by atoms with Crippen LogP contribution in [0.4, 0.5) is 5.82 Å². The van der Waals surface area contributed by atoms with Crippen molar-refractivity contribution < 1.29 is 14.4 Å². The van der Waals surface area contributed by atoms with E-state index in [2.05, 4.69) is 21.8 Å². The van der Waals surface area contributed by atoms with Crippen LogP contribution in [-0.2, 0) is 14.4 Å². The van der Waals surface area contributed by atoms with Gasteiger partial charge in [-0.2, -0.15) is 0 Å². The quantitative estimate of drug-likeness (QED) is 0.300. The molecule has 1 unspecified atom stereocenters. The minimum Gasteiger partial charge on any atom is -0.353 e. The Hall–Kier alpha value is -2.07. The largest absolute Gasteiger partial charge is 0.353 e. The fourth-order valence-corrected chi connectivity index (χ4v) is 6.39. The first kappa shape index (κ1) is 27.0. The zero-order valence-corrected chi connectivity index (χ0v) is 22.9. The summed E-state index contributed by atoms with van der Waals surface area (Å²) in [4.78, 5) is 53.7. The topological polar surface area (TPSA) is 90.0 Å². The molecule has 1 saturated carbocycles. The van der Waals surface area contributed by atoms with Gasteiger partial charge in [-0.15, -0.1) is 0 Å². The van der Waals surface area contributed by atoms with Crippen LogP contribution in [-0.4, -0.2) is 100.0 Å². The molecule has 3 amide bonds. The van der Waals surface area contributed by atoms with Crippen LogP contribution in [0.1, 0.15) is 52.4 Å². The summed E-state index contributed by atoms with van der Waals surface area (Å²) in [6.07, 6.45) is 6.82. The molecule has 0 aromatic carbocycles. The summed E-state index contributed by atoms with van der Waals surface area (Å²) in [5.41, 5.74) is 0. The van der Waals surface area contributed by atoms with Crippen LogP contribution in [0.25, 0.3) is 0 Å². The Morgan fingerprint density at radius 3 is 2.36 bits per heavy atom. The molecule has 1 aliphatic carbocycles. The monoisotopic (exact) mass is 536 g/mol. The summed E-state index contributed by atoms with van der Waals surface area (Å²) in [6, 6.07) is 1.84. The van der Waals surface area contributed by atoms with Crippen LogP contribution in [0, 0.1) is 5.92 Å². The van der Waals surface area contributed by atoms with Crippen molar-refractivity contribution in [1.29, 1.82) is 0 Å². The minimum absolute atomic E-state index is 0.00619. The molecular weight excluding hydrogens is 500 g/mol. The fourth-order valence-electron chi connectivity index (χ4n) is 5.41. The van der Waals surface area contributed by atoms with Gasteiger partial charge in [0.15, 0.2) is 5.16 Å². The van der Waals surface area contributed by atoms with E-state index >= 15 is 0 Å². The molecule has 3 fully saturated rings. The zero-order chi connectivity index (χ0) is 25.7. The molecule has 36 heavy (non-hydrogen) atoms.